The fourth-order valence-electron chi connectivity index (χ4n) is 0.779. The number of rotatable bonds is 1. The first-order valence-corrected chi connectivity index (χ1v) is 3.16. The highest BCUT2D eigenvalue weighted by molar-refractivity contribution is 5.88. The maximum atomic E-state index is 10.9. The smallest absolute Gasteiger partial charge is 0.344 e. The molecule has 1 aromatic rings. The van der Waals surface area contributed by atoms with Crippen LogP contribution in [-0.2, 0) is 4.74 Å². The van der Waals surface area contributed by atoms with Crippen molar-refractivity contribution in [1.29, 1.82) is 0 Å². The van der Waals surface area contributed by atoms with Crippen LogP contribution in [0.4, 0.5) is 0 Å². The number of carbonyl (C=O) groups excluding carboxylic acids is 1. The molecule has 0 saturated carbocycles. The van der Waals surface area contributed by atoms with Crippen molar-refractivity contribution in [2.45, 2.75) is 0 Å². The van der Waals surface area contributed by atoms with Crippen molar-refractivity contribution >= 4 is 5.97 Å². The summed E-state index contributed by atoms with van der Waals surface area (Å²) in [5.41, 5.74) is 0.0833. The summed E-state index contributed by atoms with van der Waals surface area (Å²) in [4.78, 5) is 10.9. The van der Waals surface area contributed by atoms with E-state index in [1.54, 1.807) is 0 Å². The molecule has 0 fully saturated rings. The molecule has 1 heterocycles. The van der Waals surface area contributed by atoms with Crippen LogP contribution in [0.1, 0.15) is 10.4 Å². The van der Waals surface area contributed by atoms with E-state index in [4.69, 9.17) is 10.3 Å². The Balaban J connectivity index is 3.08. The fraction of sp³-hybridized carbons (Fsp3) is 0.143. The van der Waals surface area contributed by atoms with Gasteiger partial charge in [-0.2, -0.15) is 0 Å². The van der Waals surface area contributed by atoms with Crippen LogP contribution < -0.4 is 4.73 Å². The molecule has 0 aromatic carbocycles. The Morgan fingerprint density at radius 2 is 2.25 bits per heavy atom. The first-order valence-electron chi connectivity index (χ1n) is 3.16. The van der Waals surface area contributed by atoms with Crippen LogP contribution >= 0.6 is 0 Å². The van der Waals surface area contributed by atoms with Gasteiger partial charge < -0.3 is 9.84 Å². The Kier molecular flexibility index (Phi) is 2.14. The number of carbonyl (C=O) groups is 1. The summed E-state index contributed by atoms with van der Waals surface area (Å²) in [5.74, 6) is -0.825. The molecule has 1 rings (SSSR count). The minimum Gasteiger partial charge on any atom is -0.503 e. The maximum Gasteiger partial charge on any atom is 0.344 e. The zero-order valence-electron chi connectivity index (χ0n) is 6.39. The second-order valence-electron chi connectivity index (χ2n) is 2.15. The monoisotopic (exact) mass is 170 g/mol. The Bertz CT molecular complexity index is 290. The summed E-state index contributed by atoms with van der Waals surface area (Å²) in [6, 6.07) is 1.19. The Hall–Kier alpha value is -1.78. The lowest BCUT2D eigenvalue weighted by atomic mass is 10.3. The van der Waals surface area contributed by atoms with Crippen LogP contribution in [0.3, 0.4) is 0 Å². The molecule has 1 aromatic heterocycles. The molecule has 5 nitrogen and oxygen atoms in total. The largest absolute Gasteiger partial charge is 0.503 e. The molecule has 0 atom stereocenters. The summed E-state index contributed by atoms with van der Waals surface area (Å²) in [5, 5.41) is 17.8. The third-order valence-electron chi connectivity index (χ3n) is 1.26. The third kappa shape index (κ3) is 1.63. The summed E-state index contributed by atoms with van der Waals surface area (Å²) >= 11 is 0. The van der Waals surface area contributed by atoms with Gasteiger partial charge in [-0.3, -0.25) is 5.21 Å². The van der Waals surface area contributed by atoms with E-state index in [0.29, 0.717) is 4.73 Å². The van der Waals surface area contributed by atoms with Gasteiger partial charge in [0.1, 0.15) is 5.56 Å². The van der Waals surface area contributed by atoms with Gasteiger partial charge in [-0.25, -0.2) is 4.79 Å². The van der Waals surface area contributed by atoms with Crippen molar-refractivity contribution < 1.29 is 24.6 Å². The van der Waals surface area contributed by atoms with Crippen LogP contribution in [0.5, 0.6) is 5.75 Å². The second kappa shape index (κ2) is 3.08. The summed E-state index contributed by atoms with van der Waals surface area (Å²) in [6.07, 6.45) is 2.18. The fourth-order valence-corrected chi connectivity index (χ4v) is 0.779. The molecule has 0 bridgehead atoms. The van der Waals surface area contributed by atoms with Gasteiger partial charge in [0.2, 0.25) is 6.20 Å². The molecule has 64 valence electrons. The Morgan fingerprint density at radius 3 is 2.75 bits per heavy atom. The Labute approximate surface area is 68.4 Å². The van der Waals surface area contributed by atoms with Gasteiger partial charge in [-0.05, 0) is 0 Å². The predicted molar refractivity (Wildman–Crippen MR) is 36.8 cm³/mol. The van der Waals surface area contributed by atoms with Crippen molar-refractivity contribution in [1.82, 2.24) is 0 Å². The van der Waals surface area contributed by atoms with Gasteiger partial charge in [0.25, 0.3) is 6.20 Å². The number of hydrogen-bond acceptors (Lipinski definition) is 4. The molecule has 0 amide bonds. The van der Waals surface area contributed by atoms with Crippen LogP contribution in [-0.4, -0.2) is 23.4 Å². The lowest BCUT2D eigenvalue weighted by Crippen LogP contribution is -2.29. The van der Waals surface area contributed by atoms with Crippen LogP contribution in [0.25, 0.3) is 0 Å². The van der Waals surface area contributed by atoms with Crippen molar-refractivity contribution in [3.8, 4) is 5.75 Å². The number of aromatic hydroxyl groups is 1. The highest BCUT2D eigenvalue weighted by Gasteiger charge is 2.12. The highest BCUT2D eigenvalue weighted by Crippen LogP contribution is 2.07. The molecule has 5 heteroatoms. The predicted octanol–water partition coefficient (Wildman–Crippen LogP) is -0.296. The van der Waals surface area contributed by atoms with Crippen molar-refractivity contribution in [3.63, 3.8) is 0 Å². The van der Waals surface area contributed by atoms with Gasteiger partial charge in [0.05, 0.1) is 7.11 Å². The highest BCUT2D eigenvalue weighted by atomic mass is 16.5. The molecule has 0 aliphatic rings. The normalized spacial score (nSPS) is 9.42. The quantitative estimate of drug-likeness (QED) is 0.345. The van der Waals surface area contributed by atoms with Crippen LogP contribution in [0.2, 0.25) is 0 Å². The lowest BCUT2D eigenvalue weighted by molar-refractivity contribution is -0.905. The molecular weight excluding hydrogens is 162 g/mol. The first kappa shape index (κ1) is 8.32. The summed E-state index contributed by atoms with van der Waals surface area (Å²) < 4.78 is 4.96. The first-order chi connectivity index (χ1) is 5.63. The van der Waals surface area contributed by atoms with E-state index < -0.39 is 5.97 Å². The average molecular weight is 170 g/mol. The van der Waals surface area contributed by atoms with E-state index in [9.17, 15) is 4.79 Å². The van der Waals surface area contributed by atoms with E-state index in [0.717, 1.165) is 12.4 Å². The van der Waals surface area contributed by atoms with Crippen molar-refractivity contribution in [2.24, 2.45) is 0 Å². The number of nitrogens with zero attached hydrogens (tertiary/aromatic N) is 1. The molecular formula is C7H8NO4+. The standard InChI is InChI=1S/C7H7NO4/c1-12-7(10)5-2-6(9)4-8(11)3-5/h2-4H,1H3,(H-,9,11)/p+1. The topological polar surface area (TPSA) is 70.6 Å². The molecule has 12 heavy (non-hydrogen) atoms. The zero-order valence-corrected chi connectivity index (χ0v) is 6.39. The van der Waals surface area contributed by atoms with E-state index in [2.05, 4.69) is 4.74 Å². The SMILES string of the molecule is COC(=O)c1cc(O)c[n+](O)c1. The molecule has 0 spiro atoms. The van der Waals surface area contributed by atoms with Crippen LogP contribution in [0.15, 0.2) is 18.5 Å². The van der Waals surface area contributed by atoms with Crippen molar-refractivity contribution in [3.05, 3.63) is 24.0 Å². The van der Waals surface area contributed by atoms with E-state index in [-0.39, 0.29) is 11.3 Å². The van der Waals surface area contributed by atoms with Gasteiger partial charge in [0, 0.05) is 10.8 Å². The number of pyridine rings is 1. The molecule has 2 N–H and O–H groups in total. The maximum absolute atomic E-state index is 10.9. The zero-order chi connectivity index (χ0) is 9.14. The van der Waals surface area contributed by atoms with Gasteiger partial charge >= 0.3 is 5.97 Å². The molecule has 0 aliphatic carbocycles. The van der Waals surface area contributed by atoms with E-state index in [1.807, 2.05) is 0 Å². The number of esters is 1. The second-order valence-corrected chi connectivity index (χ2v) is 2.15. The number of aromatic nitrogens is 1. The minimum absolute atomic E-state index is 0.0833. The summed E-state index contributed by atoms with van der Waals surface area (Å²) in [6.45, 7) is 0. The molecule has 0 radical (unpaired) electrons. The van der Waals surface area contributed by atoms with Gasteiger partial charge in [-0.15, -0.1) is 0 Å². The van der Waals surface area contributed by atoms with Gasteiger partial charge in [0.15, 0.2) is 5.75 Å². The molecule has 0 aliphatic heterocycles. The number of methoxy groups -OCH3 is 1. The summed E-state index contributed by atoms with van der Waals surface area (Å²) in [7, 11) is 1.22. The molecule has 0 saturated heterocycles. The Morgan fingerprint density at radius 1 is 1.58 bits per heavy atom. The van der Waals surface area contributed by atoms with Gasteiger partial charge in [-0.1, -0.05) is 0 Å². The van der Waals surface area contributed by atoms with Crippen molar-refractivity contribution in [2.75, 3.05) is 7.11 Å². The van der Waals surface area contributed by atoms with Crippen LogP contribution in [0, 0.1) is 0 Å². The molecule has 0 unspecified atom stereocenters. The van der Waals surface area contributed by atoms with E-state index >= 15 is 0 Å². The minimum atomic E-state index is -0.617. The number of hydrogen-bond donors (Lipinski definition) is 2. The third-order valence-corrected chi connectivity index (χ3v) is 1.26. The number of ether oxygens (including phenoxy) is 1. The lowest BCUT2D eigenvalue weighted by Gasteiger charge is -1.95. The van der Waals surface area contributed by atoms with E-state index in [1.165, 1.54) is 13.2 Å². The average Bonchev–Trinajstić information content (AvgIpc) is 2.01.